The average molecular weight is 481 g/mol. The lowest BCUT2D eigenvalue weighted by Crippen LogP contribution is -2.45. The summed E-state index contributed by atoms with van der Waals surface area (Å²) in [7, 11) is 2.11. The number of hydrogen-bond acceptors (Lipinski definition) is 4. The standard InChI is InChI=1S/C17H29ClN6.HI/c1-4-19-17(21-10-12-23(3)5-2)22-14-8-11-24(13-14)16-15(18)7-6-9-20-16;/h6-7,9,14H,4-5,8,10-13H2,1-3H3,(H2,19,21,22);1H. The molecule has 2 rings (SSSR count). The van der Waals surface area contributed by atoms with E-state index in [1.54, 1.807) is 6.20 Å². The predicted octanol–water partition coefficient (Wildman–Crippen LogP) is 2.44. The number of aliphatic imine (C=N–C) groups is 1. The number of guanidine groups is 1. The van der Waals surface area contributed by atoms with Gasteiger partial charge in [-0.25, -0.2) is 4.98 Å². The van der Waals surface area contributed by atoms with Crippen LogP contribution in [-0.2, 0) is 0 Å². The van der Waals surface area contributed by atoms with Crippen molar-refractivity contribution in [2.75, 3.05) is 51.2 Å². The first-order valence-corrected chi connectivity index (χ1v) is 9.10. The second-order valence-corrected chi connectivity index (χ2v) is 6.45. The molecular formula is C17H30ClIN6. The van der Waals surface area contributed by atoms with E-state index in [2.05, 4.69) is 51.3 Å². The third kappa shape index (κ3) is 7.15. The topological polar surface area (TPSA) is 55.8 Å². The van der Waals surface area contributed by atoms with Crippen molar-refractivity contribution in [1.82, 2.24) is 20.5 Å². The van der Waals surface area contributed by atoms with Crippen LogP contribution in [0.4, 0.5) is 5.82 Å². The van der Waals surface area contributed by atoms with Crippen LogP contribution in [0.5, 0.6) is 0 Å². The van der Waals surface area contributed by atoms with Crippen LogP contribution in [-0.4, -0.2) is 68.2 Å². The molecule has 2 N–H and O–H groups in total. The molecule has 1 aromatic rings. The Morgan fingerprint density at radius 2 is 2.28 bits per heavy atom. The lowest BCUT2D eigenvalue weighted by atomic mass is 10.3. The van der Waals surface area contributed by atoms with E-state index in [9.17, 15) is 0 Å². The highest BCUT2D eigenvalue weighted by atomic mass is 127. The summed E-state index contributed by atoms with van der Waals surface area (Å²) in [5.41, 5.74) is 0. The monoisotopic (exact) mass is 480 g/mol. The molecule has 1 saturated heterocycles. The Labute approximate surface area is 173 Å². The molecule has 1 aliphatic heterocycles. The zero-order valence-electron chi connectivity index (χ0n) is 15.3. The Balaban J connectivity index is 0.00000312. The molecule has 0 aliphatic carbocycles. The van der Waals surface area contributed by atoms with Crippen molar-refractivity contribution >= 4 is 47.4 Å². The Bertz CT molecular complexity index is 542. The maximum Gasteiger partial charge on any atom is 0.191 e. The molecule has 0 aromatic carbocycles. The largest absolute Gasteiger partial charge is 0.357 e. The number of anilines is 1. The number of hydrogen-bond donors (Lipinski definition) is 2. The second-order valence-electron chi connectivity index (χ2n) is 6.04. The van der Waals surface area contributed by atoms with Gasteiger partial charge in [0.05, 0.1) is 11.6 Å². The number of aromatic nitrogens is 1. The van der Waals surface area contributed by atoms with Crippen molar-refractivity contribution < 1.29 is 0 Å². The third-order valence-electron chi connectivity index (χ3n) is 4.20. The quantitative estimate of drug-likeness (QED) is 0.357. The minimum Gasteiger partial charge on any atom is -0.357 e. The van der Waals surface area contributed by atoms with E-state index in [-0.39, 0.29) is 24.0 Å². The van der Waals surface area contributed by atoms with Gasteiger partial charge in [0, 0.05) is 38.4 Å². The Morgan fingerprint density at radius 3 is 2.96 bits per heavy atom. The highest BCUT2D eigenvalue weighted by Gasteiger charge is 2.25. The molecule has 2 heterocycles. The number of likely N-dealkylation sites (N-methyl/N-ethyl adjacent to an activating group) is 1. The lowest BCUT2D eigenvalue weighted by molar-refractivity contribution is 0.363. The molecule has 1 unspecified atom stereocenters. The van der Waals surface area contributed by atoms with Gasteiger partial charge < -0.3 is 20.4 Å². The first-order chi connectivity index (χ1) is 11.6. The summed E-state index contributed by atoms with van der Waals surface area (Å²) in [6, 6.07) is 4.10. The van der Waals surface area contributed by atoms with Gasteiger partial charge in [0.2, 0.25) is 0 Å². The molecule has 1 aliphatic rings. The van der Waals surface area contributed by atoms with Crippen molar-refractivity contribution in [1.29, 1.82) is 0 Å². The zero-order chi connectivity index (χ0) is 17.4. The fraction of sp³-hybridized carbons (Fsp3) is 0.647. The summed E-state index contributed by atoms with van der Waals surface area (Å²) < 4.78 is 0. The van der Waals surface area contributed by atoms with E-state index in [1.165, 1.54) is 0 Å². The van der Waals surface area contributed by atoms with Crippen LogP contribution in [0.2, 0.25) is 5.02 Å². The molecule has 0 amide bonds. The summed E-state index contributed by atoms with van der Waals surface area (Å²) in [5.74, 6) is 1.76. The minimum absolute atomic E-state index is 0. The predicted molar refractivity (Wildman–Crippen MR) is 118 cm³/mol. The number of pyridine rings is 1. The first kappa shape index (κ1) is 22.2. The van der Waals surface area contributed by atoms with Crippen molar-refractivity contribution in [3.8, 4) is 0 Å². The maximum absolute atomic E-state index is 6.25. The first-order valence-electron chi connectivity index (χ1n) is 8.72. The summed E-state index contributed by atoms with van der Waals surface area (Å²) in [4.78, 5) is 13.6. The summed E-state index contributed by atoms with van der Waals surface area (Å²) >= 11 is 6.25. The number of rotatable bonds is 7. The van der Waals surface area contributed by atoms with Crippen LogP contribution in [0.3, 0.4) is 0 Å². The molecule has 1 fully saturated rings. The van der Waals surface area contributed by atoms with E-state index < -0.39 is 0 Å². The fourth-order valence-electron chi connectivity index (χ4n) is 2.68. The van der Waals surface area contributed by atoms with E-state index >= 15 is 0 Å². The highest BCUT2D eigenvalue weighted by molar-refractivity contribution is 14.0. The van der Waals surface area contributed by atoms with Crippen molar-refractivity contribution in [3.05, 3.63) is 23.4 Å². The van der Waals surface area contributed by atoms with Gasteiger partial charge >= 0.3 is 0 Å². The maximum atomic E-state index is 6.25. The van der Waals surface area contributed by atoms with Crippen LogP contribution >= 0.6 is 35.6 Å². The molecule has 0 bridgehead atoms. The van der Waals surface area contributed by atoms with Crippen LogP contribution < -0.4 is 15.5 Å². The van der Waals surface area contributed by atoms with Crippen LogP contribution in [0.15, 0.2) is 23.3 Å². The molecule has 6 nitrogen and oxygen atoms in total. The summed E-state index contributed by atoms with van der Waals surface area (Å²) in [6.07, 6.45) is 2.84. The molecule has 0 radical (unpaired) electrons. The summed E-state index contributed by atoms with van der Waals surface area (Å²) in [6.45, 7) is 9.74. The molecular weight excluding hydrogens is 451 g/mol. The van der Waals surface area contributed by atoms with Crippen molar-refractivity contribution in [2.45, 2.75) is 26.3 Å². The Hall–Kier alpha value is -0.800. The third-order valence-corrected chi connectivity index (χ3v) is 4.50. The van der Waals surface area contributed by atoms with Crippen LogP contribution in [0.1, 0.15) is 20.3 Å². The van der Waals surface area contributed by atoms with Gasteiger partial charge in [0.1, 0.15) is 5.82 Å². The van der Waals surface area contributed by atoms with Gasteiger partial charge in [0.25, 0.3) is 0 Å². The number of nitrogens with one attached hydrogen (secondary N) is 2. The van der Waals surface area contributed by atoms with Crippen LogP contribution in [0, 0.1) is 0 Å². The smallest absolute Gasteiger partial charge is 0.191 e. The normalized spacial score (nSPS) is 17.6. The number of halogens is 2. The van der Waals surface area contributed by atoms with Gasteiger partial charge in [-0.1, -0.05) is 18.5 Å². The molecule has 1 atom stereocenters. The zero-order valence-corrected chi connectivity index (χ0v) is 18.4. The van der Waals surface area contributed by atoms with Gasteiger partial charge in [0.15, 0.2) is 5.96 Å². The van der Waals surface area contributed by atoms with Gasteiger partial charge in [-0.15, -0.1) is 24.0 Å². The highest BCUT2D eigenvalue weighted by Crippen LogP contribution is 2.25. The van der Waals surface area contributed by atoms with Gasteiger partial charge in [-0.3, -0.25) is 4.99 Å². The fourth-order valence-corrected chi connectivity index (χ4v) is 2.93. The average Bonchev–Trinajstić information content (AvgIpc) is 3.03. The lowest BCUT2D eigenvalue weighted by Gasteiger charge is -2.20. The Morgan fingerprint density at radius 1 is 1.48 bits per heavy atom. The molecule has 1 aromatic heterocycles. The number of nitrogens with zero attached hydrogens (tertiary/aromatic N) is 4. The van der Waals surface area contributed by atoms with E-state index in [4.69, 9.17) is 11.6 Å². The second kappa shape index (κ2) is 11.7. The molecule has 25 heavy (non-hydrogen) atoms. The van der Waals surface area contributed by atoms with Crippen molar-refractivity contribution in [2.24, 2.45) is 4.99 Å². The van der Waals surface area contributed by atoms with E-state index in [0.29, 0.717) is 11.1 Å². The molecule has 0 saturated carbocycles. The van der Waals surface area contributed by atoms with Crippen LogP contribution in [0.25, 0.3) is 0 Å². The van der Waals surface area contributed by atoms with Crippen molar-refractivity contribution in [3.63, 3.8) is 0 Å². The minimum atomic E-state index is 0. The molecule has 0 spiro atoms. The van der Waals surface area contributed by atoms with Gasteiger partial charge in [-0.2, -0.15) is 0 Å². The molecule has 142 valence electrons. The van der Waals surface area contributed by atoms with E-state index in [1.807, 2.05) is 12.1 Å². The molecule has 8 heteroatoms. The summed E-state index contributed by atoms with van der Waals surface area (Å²) in [5, 5.41) is 7.57. The van der Waals surface area contributed by atoms with E-state index in [0.717, 1.165) is 57.5 Å². The Kier molecular flexibility index (Phi) is 10.4. The van der Waals surface area contributed by atoms with Gasteiger partial charge in [-0.05, 0) is 39.1 Å². The SMILES string of the molecule is CCNC(=NCCN(C)CC)NC1CCN(c2ncccc2Cl)C1.I.